The van der Waals surface area contributed by atoms with Gasteiger partial charge in [-0.25, -0.2) is 0 Å². The van der Waals surface area contributed by atoms with Crippen LogP contribution in [0.2, 0.25) is 5.02 Å². The molecule has 0 aliphatic carbocycles. The zero-order chi connectivity index (χ0) is 18.8. The van der Waals surface area contributed by atoms with Crippen molar-refractivity contribution in [3.63, 3.8) is 0 Å². The molecule has 0 bridgehead atoms. The van der Waals surface area contributed by atoms with E-state index in [2.05, 4.69) is 16.7 Å². The molecule has 0 saturated carbocycles. The minimum Gasteiger partial charge on any atom is -0.356 e. The molecular weight excluding hydrogens is 369 g/mol. The summed E-state index contributed by atoms with van der Waals surface area (Å²) in [6.07, 6.45) is -4.52. The lowest BCUT2D eigenvalue weighted by atomic mass is 10.0. The number of alkyl halides is 3. The van der Waals surface area contributed by atoms with Crippen LogP contribution >= 0.6 is 23.8 Å². The van der Waals surface area contributed by atoms with Crippen LogP contribution < -0.4 is 10.6 Å². The summed E-state index contributed by atoms with van der Waals surface area (Å²) in [4.78, 5) is 0. The molecule has 0 aliphatic rings. The van der Waals surface area contributed by atoms with Gasteiger partial charge in [0.25, 0.3) is 0 Å². The second-order valence-corrected chi connectivity index (χ2v) is 6.69. The molecule has 2 N–H and O–H groups in total. The highest BCUT2D eigenvalue weighted by Crippen LogP contribution is 2.36. The van der Waals surface area contributed by atoms with Crippen LogP contribution in [-0.2, 0) is 6.18 Å². The molecule has 2 aromatic rings. The molecule has 1 unspecified atom stereocenters. The molecule has 0 spiro atoms. The first-order valence-corrected chi connectivity index (χ1v) is 8.38. The van der Waals surface area contributed by atoms with E-state index in [-0.39, 0.29) is 21.9 Å². The van der Waals surface area contributed by atoms with E-state index in [9.17, 15) is 13.2 Å². The van der Waals surface area contributed by atoms with Crippen molar-refractivity contribution in [2.45, 2.75) is 33.0 Å². The van der Waals surface area contributed by atoms with Gasteiger partial charge in [-0.05, 0) is 62.3 Å². The number of hydrogen-bond acceptors (Lipinski definition) is 1. The molecule has 2 nitrogen and oxygen atoms in total. The van der Waals surface area contributed by atoms with Crippen LogP contribution in [0.1, 0.15) is 35.2 Å². The number of nitrogens with one attached hydrogen (secondary N) is 2. The summed E-state index contributed by atoms with van der Waals surface area (Å²) < 4.78 is 38.7. The largest absolute Gasteiger partial charge is 0.417 e. The first-order chi connectivity index (χ1) is 11.6. The Morgan fingerprint density at radius 2 is 1.80 bits per heavy atom. The molecule has 0 aliphatic heterocycles. The van der Waals surface area contributed by atoms with Crippen molar-refractivity contribution in [1.29, 1.82) is 0 Å². The Morgan fingerprint density at radius 3 is 2.40 bits per heavy atom. The maximum Gasteiger partial charge on any atom is 0.417 e. The van der Waals surface area contributed by atoms with Crippen LogP contribution in [0.15, 0.2) is 36.4 Å². The predicted molar refractivity (Wildman–Crippen MR) is 100 cm³/mol. The molecule has 0 amide bonds. The van der Waals surface area contributed by atoms with E-state index in [0.717, 1.165) is 22.8 Å². The number of rotatable bonds is 3. The third-order valence-electron chi connectivity index (χ3n) is 3.77. The molecular formula is C18H18ClF3N2S. The van der Waals surface area contributed by atoms with Crippen molar-refractivity contribution >= 4 is 34.6 Å². The molecule has 0 saturated heterocycles. The summed E-state index contributed by atoms with van der Waals surface area (Å²) in [6.45, 7) is 5.96. The van der Waals surface area contributed by atoms with E-state index in [1.54, 1.807) is 0 Å². The van der Waals surface area contributed by atoms with E-state index in [1.807, 2.05) is 32.9 Å². The first-order valence-electron chi connectivity index (χ1n) is 7.59. The number of anilines is 1. The van der Waals surface area contributed by atoms with Gasteiger partial charge in [-0.15, -0.1) is 0 Å². The molecule has 134 valence electrons. The smallest absolute Gasteiger partial charge is 0.356 e. The third-order valence-corrected chi connectivity index (χ3v) is 4.32. The van der Waals surface area contributed by atoms with E-state index < -0.39 is 11.7 Å². The standard InChI is InChI=1S/C18H18ClF3N2S/c1-10-4-6-14(11(2)8-10)12(3)23-17(25)24-13-5-7-16(19)15(9-13)18(20,21)22/h4-9,12H,1-3H3,(H2,23,24,25). The van der Waals surface area contributed by atoms with Gasteiger partial charge >= 0.3 is 6.18 Å². The van der Waals surface area contributed by atoms with Crippen molar-refractivity contribution in [1.82, 2.24) is 5.32 Å². The van der Waals surface area contributed by atoms with Crippen LogP contribution in [0.4, 0.5) is 18.9 Å². The van der Waals surface area contributed by atoms with Crippen LogP contribution in [0.25, 0.3) is 0 Å². The van der Waals surface area contributed by atoms with Gasteiger partial charge in [0.2, 0.25) is 0 Å². The Kier molecular flexibility index (Phi) is 5.95. The van der Waals surface area contributed by atoms with Gasteiger partial charge in [0, 0.05) is 5.69 Å². The Balaban J connectivity index is 2.10. The predicted octanol–water partition coefficient (Wildman–Crippen LogP) is 6.02. The number of thiocarbonyl (C=S) groups is 1. The summed E-state index contributed by atoms with van der Waals surface area (Å²) in [5.74, 6) is 0. The van der Waals surface area contributed by atoms with Crippen LogP contribution in [0, 0.1) is 13.8 Å². The third kappa shape index (κ3) is 5.09. The number of halogens is 4. The molecule has 1 atom stereocenters. The summed E-state index contributed by atoms with van der Waals surface area (Å²) in [5, 5.41) is 5.75. The topological polar surface area (TPSA) is 24.1 Å². The monoisotopic (exact) mass is 386 g/mol. The maximum atomic E-state index is 12.9. The Morgan fingerprint density at radius 1 is 1.12 bits per heavy atom. The molecule has 25 heavy (non-hydrogen) atoms. The normalized spacial score (nSPS) is 12.6. The van der Waals surface area contributed by atoms with Crippen molar-refractivity contribution in [3.05, 3.63) is 63.7 Å². The van der Waals surface area contributed by atoms with Gasteiger partial charge in [0.15, 0.2) is 5.11 Å². The first kappa shape index (κ1) is 19.5. The second-order valence-electron chi connectivity index (χ2n) is 5.87. The van der Waals surface area contributed by atoms with Gasteiger partial charge in [-0.1, -0.05) is 35.4 Å². The van der Waals surface area contributed by atoms with Crippen LogP contribution in [0.5, 0.6) is 0 Å². The van der Waals surface area contributed by atoms with E-state index in [0.29, 0.717) is 0 Å². The number of benzene rings is 2. The average molecular weight is 387 g/mol. The van der Waals surface area contributed by atoms with Crippen LogP contribution in [-0.4, -0.2) is 5.11 Å². The van der Waals surface area contributed by atoms with Crippen molar-refractivity contribution < 1.29 is 13.2 Å². The van der Waals surface area contributed by atoms with E-state index in [4.69, 9.17) is 23.8 Å². The Hall–Kier alpha value is -1.79. The quantitative estimate of drug-likeness (QED) is 0.630. The summed E-state index contributed by atoms with van der Waals surface area (Å²) in [7, 11) is 0. The maximum absolute atomic E-state index is 12.9. The zero-order valence-corrected chi connectivity index (χ0v) is 15.5. The average Bonchev–Trinajstić information content (AvgIpc) is 2.47. The van der Waals surface area contributed by atoms with Gasteiger partial charge in [-0.2, -0.15) is 13.2 Å². The van der Waals surface area contributed by atoms with Gasteiger partial charge in [0.1, 0.15) is 0 Å². The van der Waals surface area contributed by atoms with Gasteiger partial charge < -0.3 is 10.6 Å². The lowest BCUT2D eigenvalue weighted by Crippen LogP contribution is -2.31. The fourth-order valence-corrected chi connectivity index (χ4v) is 3.09. The lowest BCUT2D eigenvalue weighted by Gasteiger charge is -2.20. The molecule has 2 rings (SSSR count). The fraction of sp³-hybridized carbons (Fsp3) is 0.278. The molecule has 7 heteroatoms. The SMILES string of the molecule is Cc1ccc(C(C)NC(=S)Nc2ccc(Cl)c(C(F)(F)F)c2)c(C)c1. The van der Waals surface area contributed by atoms with Gasteiger partial charge in [-0.3, -0.25) is 0 Å². The van der Waals surface area contributed by atoms with Crippen molar-refractivity contribution in [2.75, 3.05) is 5.32 Å². The zero-order valence-electron chi connectivity index (χ0n) is 14.0. The molecule has 0 aromatic heterocycles. The molecule has 2 aromatic carbocycles. The number of hydrogen-bond donors (Lipinski definition) is 2. The van der Waals surface area contributed by atoms with Crippen LogP contribution in [0.3, 0.4) is 0 Å². The van der Waals surface area contributed by atoms with Crippen molar-refractivity contribution in [2.24, 2.45) is 0 Å². The highest BCUT2D eigenvalue weighted by Gasteiger charge is 2.33. The molecule has 0 fully saturated rings. The lowest BCUT2D eigenvalue weighted by molar-refractivity contribution is -0.137. The van der Waals surface area contributed by atoms with E-state index in [1.165, 1.54) is 12.1 Å². The summed E-state index contributed by atoms with van der Waals surface area (Å²) >= 11 is 10.8. The van der Waals surface area contributed by atoms with E-state index >= 15 is 0 Å². The fourth-order valence-electron chi connectivity index (χ4n) is 2.57. The Bertz CT molecular complexity index is 790. The molecule has 0 radical (unpaired) electrons. The number of aryl methyl sites for hydroxylation is 2. The summed E-state index contributed by atoms with van der Waals surface area (Å²) in [5.41, 5.74) is 2.68. The second kappa shape index (κ2) is 7.62. The van der Waals surface area contributed by atoms with Gasteiger partial charge in [0.05, 0.1) is 16.6 Å². The highest BCUT2D eigenvalue weighted by atomic mass is 35.5. The minimum absolute atomic E-state index is 0.0880. The van der Waals surface area contributed by atoms with Crippen molar-refractivity contribution in [3.8, 4) is 0 Å². The summed E-state index contributed by atoms with van der Waals surface area (Å²) in [6, 6.07) is 9.59. The minimum atomic E-state index is -4.52. The Labute approximate surface area is 155 Å². The molecule has 0 heterocycles. The highest BCUT2D eigenvalue weighted by molar-refractivity contribution is 7.80.